The van der Waals surface area contributed by atoms with Crippen LogP contribution >= 0.6 is 0 Å². The van der Waals surface area contributed by atoms with Crippen molar-refractivity contribution in [3.63, 3.8) is 0 Å². The summed E-state index contributed by atoms with van der Waals surface area (Å²) in [4.78, 5) is 15.2. The molecule has 0 unspecified atom stereocenters. The fourth-order valence-corrected chi connectivity index (χ4v) is 2.75. The molecular weight excluding hydrogens is 327 g/mol. The van der Waals surface area contributed by atoms with Gasteiger partial charge in [-0.3, -0.25) is 4.89 Å². The maximum absolute atomic E-state index is 11.5. The topological polar surface area (TPSA) is 69.7 Å². The number of rotatable bonds is 14. The van der Waals surface area contributed by atoms with E-state index in [1.807, 2.05) is 0 Å². The third kappa shape index (κ3) is 16.8. The first-order valence-electron chi connectivity index (χ1n) is 8.17. The van der Waals surface area contributed by atoms with E-state index in [1.54, 1.807) is 0 Å². The van der Waals surface area contributed by atoms with Crippen LogP contribution in [0.25, 0.3) is 0 Å². The molecule has 0 aliphatic rings. The van der Waals surface area contributed by atoms with Gasteiger partial charge in [-0.15, -0.1) is 0 Å². The van der Waals surface area contributed by atoms with Gasteiger partial charge >= 0.3 is 45.6 Å². The Morgan fingerprint density at radius 1 is 0.913 bits per heavy atom. The van der Waals surface area contributed by atoms with Crippen LogP contribution in [0.2, 0.25) is 0 Å². The van der Waals surface area contributed by atoms with E-state index in [-0.39, 0.29) is 40.9 Å². The van der Waals surface area contributed by atoms with Gasteiger partial charge in [0.1, 0.15) is 0 Å². The van der Waals surface area contributed by atoms with Gasteiger partial charge in [-0.1, -0.05) is 75.6 Å². The van der Waals surface area contributed by atoms with Crippen molar-refractivity contribution in [1.82, 2.24) is 0 Å². The summed E-state index contributed by atoms with van der Waals surface area (Å²) in [5.74, 6) is -1.00. The number of hydrogen-bond donors (Lipinski definition) is 0. The Kier molecular flexibility index (Phi) is 17.2. The van der Waals surface area contributed by atoms with Crippen molar-refractivity contribution in [2.24, 2.45) is 0 Å². The molecule has 0 aromatic heterocycles. The molecule has 0 spiro atoms. The van der Waals surface area contributed by atoms with E-state index in [4.69, 9.17) is 0 Å². The molecule has 0 aliphatic carbocycles. The minimum absolute atomic E-state index is 0. The molecule has 0 fully saturated rings. The van der Waals surface area contributed by atoms with Crippen LogP contribution in [-0.2, 0) is 24.1 Å². The Balaban J connectivity index is 0. The third-order valence-corrected chi connectivity index (χ3v) is 4.37. The van der Waals surface area contributed by atoms with Gasteiger partial charge in [-0.05, 0) is 13.3 Å². The van der Waals surface area contributed by atoms with Gasteiger partial charge in [0.2, 0.25) is 0 Å². The van der Waals surface area contributed by atoms with Crippen molar-refractivity contribution in [1.29, 1.82) is 0 Å². The first-order valence-corrected chi connectivity index (χ1v) is 9.75. The fraction of sp³-hybridized carbons (Fsp3) is 0.812. The summed E-state index contributed by atoms with van der Waals surface area (Å²) in [7, 11) is -3.80. The Morgan fingerprint density at radius 2 is 1.35 bits per heavy atom. The maximum atomic E-state index is 11.5. The van der Waals surface area contributed by atoms with Crippen LogP contribution in [0, 0.1) is 0 Å². The van der Waals surface area contributed by atoms with E-state index in [9.17, 15) is 13.2 Å². The number of unbranched alkanes of at least 4 members (excludes halogenated alkanes) is 9. The second-order valence-electron chi connectivity index (χ2n) is 5.66. The summed E-state index contributed by atoms with van der Waals surface area (Å²) in [6.45, 7) is 6.96. The number of hydrogen-bond acceptors (Lipinski definition) is 5. The Morgan fingerprint density at radius 3 is 1.78 bits per heavy atom. The molecule has 0 heterocycles. The summed E-state index contributed by atoms with van der Waals surface area (Å²) in [6, 6.07) is 0. The monoisotopic (exact) mass is 358 g/mol. The molecule has 0 rings (SSSR count). The second-order valence-corrected chi connectivity index (χ2v) is 7.32. The minimum atomic E-state index is -3.80. The van der Waals surface area contributed by atoms with Gasteiger partial charge in [0.15, 0.2) is 0 Å². The molecule has 0 atom stereocenters. The predicted molar refractivity (Wildman–Crippen MR) is 94.8 cm³/mol. The number of carbonyl (C=O) groups is 1. The van der Waals surface area contributed by atoms with Crippen LogP contribution in [0.3, 0.4) is 0 Å². The van der Waals surface area contributed by atoms with Crippen molar-refractivity contribution in [3.05, 3.63) is 12.2 Å². The quantitative estimate of drug-likeness (QED) is 0.156. The van der Waals surface area contributed by atoms with E-state index in [1.165, 1.54) is 45.4 Å². The normalized spacial score (nSPS) is 10.9. The van der Waals surface area contributed by atoms with Gasteiger partial charge in [0.25, 0.3) is 0 Å². The molecule has 23 heavy (non-hydrogen) atoms. The Bertz CT molecular complexity index is 420. The zero-order valence-corrected chi connectivity index (χ0v) is 14.8. The molecule has 0 aromatic rings. The van der Waals surface area contributed by atoms with Crippen LogP contribution < -0.4 is 0 Å². The van der Waals surface area contributed by atoms with Gasteiger partial charge in [0, 0.05) is 5.57 Å². The van der Waals surface area contributed by atoms with E-state index < -0.39 is 16.1 Å². The van der Waals surface area contributed by atoms with E-state index in [0.717, 1.165) is 19.3 Å². The molecule has 0 bridgehead atoms. The zero-order valence-electron chi connectivity index (χ0n) is 13.9. The first kappa shape index (κ1) is 25.4. The van der Waals surface area contributed by atoms with Crippen LogP contribution in [0.1, 0.15) is 78.1 Å². The molecule has 0 saturated heterocycles. The third-order valence-electron chi connectivity index (χ3n) is 3.31. The number of carbonyl (C=O) groups excluding carboxylic acids is 1. The van der Waals surface area contributed by atoms with Crippen molar-refractivity contribution >= 4 is 45.6 Å². The molecule has 132 valence electrons. The molecule has 5 nitrogen and oxygen atoms in total. The first-order chi connectivity index (χ1) is 10.4. The van der Waals surface area contributed by atoms with Crippen LogP contribution in [0.5, 0.6) is 0 Å². The van der Waals surface area contributed by atoms with Crippen molar-refractivity contribution in [2.45, 2.75) is 78.1 Å². The molecule has 0 N–H and O–H groups in total. The molecule has 0 aromatic carbocycles. The van der Waals surface area contributed by atoms with Gasteiger partial charge in [-0.2, -0.15) is 8.42 Å². The van der Waals surface area contributed by atoms with E-state index in [2.05, 4.69) is 22.7 Å². The summed E-state index contributed by atoms with van der Waals surface area (Å²) in [5.41, 5.74) is 0.0918. The predicted octanol–water partition coefficient (Wildman–Crippen LogP) is 3.64. The summed E-state index contributed by atoms with van der Waals surface area (Å²) in [5, 5.41) is 0. The SMILES string of the molecule is C=C(C)C(=O)OOS(=O)(=O)CCCCCCCCCCCC.[NaH]. The standard InChI is InChI=1S/C16H30O5S.Na.H/c1-4-5-6-7-8-9-10-11-12-13-14-22(18,19)21-20-16(17)15(2)3;;/h2,4-14H2,1,3H3;;. The molecule has 0 radical (unpaired) electrons. The Labute approximate surface area is 163 Å². The summed E-state index contributed by atoms with van der Waals surface area (Å²) < 4.78 is 27.1. The molecule has 7 heteroatoms. The summed E-state index contributed by atoms with van der Waals surface area (Å²) >= 11 is 0. The average Bonchev–Trinajstić information content (AvgIpc) is 2.46. The average molecular weight is 358 g/mol. The van der Waals surface area contributed by atoms with Crippen LogP contribution in [0.4, 0.5) is 0 Å². The van der Waals surface area contributed by atoms with Crippen LogP contribution in [0.15, 0.2) is 12.2 Å². The summed E-state index contributed by atoms with van der Waals surface area (Å²) in [6.07, 6.45) is 11.2. The van der Waals surface area contributed by atoms with Crippen molar-refractivity contribution in [2.75, 3.05) is 5.75 Å². The van der Waals surface area contributed by atoms with E-state index >= 15 is 0 Å². The van der Waals surface area contributed by atoms with Crippen molar-refractivity contribution in [3.8, 4) is 0 Å². The fourth-order valence-electron chi connectivity index (χ4n) is 1.95. The zero-order chi connectivity index (χ0) is 16.8. The van der Waals surface area contributed by atoms with Gasteiger partial charge in [-0.25, -0.2) is 4.79 Å². The molecular formula is C16H31NaO5S. The van der Waals surface area contributed by atoms with Gasteiger partial charge in [0.05, 0.1) is 5.75 Å². The molecule has 0 saturated carbocycles. The van der Waals surface area contributed by atoms with Gasteiger partial charge < -0.3 is 0 Å². The second kappa shape index (κ2) is 15.6. The van der Waals surface area contributed by atoms with E-state index in [0.29, 0.717) is 6.42 Å². The van der Waals surface area contributed by atoms with Crippen LogP contribution in [-0.4, -0.2) is 49.7 Å². The molecule has 0 aliphatic heterocycles. The van der Waals surface area contributed by atoms with Crippen molar-refractivity contribution < 1.29 is 22.4 Å². The molecule has 0 amide bonds. The Hall–Kier alpha value is 0.120.